The Kier molecular flexibility index (Phi) is 7.19. The Morgan fingerprint density at radius 1 is 0.971 bits per heavy atom. The van der Waals surface area contributed by atoms with Gasteiger partial charge in [0.05, 0.1) is 16.7 Å². The van der Waals surface area contributed by atoms with Gasteiger partial charge in [0.1, 0.15) is 23.1 Å². The highest BCUT2D eigenvalue weighted by molar-refractivity contribution is 6.30. The summed E-state index contributed by atoms with van der Waals surface area (Å²) in [5, 5.41) is 16.7. The Bertz CT molecular complexity index is 1120. The van der Waals surface area contributed by atoms with E-state index in [-0.39, 0.29) is 42.1 Å². The molecule has 2 aromatic rings. The van der Waals surface area contributed by atoms with Crippen molar-refractivity contribution < 1.29 is 33.0 Å². The van der Waals surface area contributed by atoms with E-state index in [1.165, 1.54) is 18.2 Å². The normalized spacial score (nSPS) is 25.1. The summed E-state index contributed by atoms with van der Waals surface area (Å²) in [5.74, 6) is -1.42. The molecule has 3 aliphatic carbocycles. The number of halogens is 3. The van der Waals surface area contributed by atoms with Crippen LogP contribution in [0, 0.1) is 18.6 Å². The van der Waals surface area contributed by atoms with Crippen LogP contribution in [0.4, 0.5) is 8.78 Å². The lowest BCUT2D eigenvalue weighted by Gasteiger charge is -2.56. The number of carbonyl (C=O) groups is 2. The van der Waals surface area contributed by atoms with E-state index < -0.39 is 34.7 Å². The highest BCUT2D eigenvalue weighted by Crippen LogP contribution is 2.47. The first-order valence-corrected chi connectivity index (χ1v) is 11.7. The first-order chi connectivity index (χ1) is 16.6. The second-order valence-electron chi connectivity index (χ2n) is 9.32. The summed E-state index contributed by atoms with van der Waals surface area (Å²) in [6, 6.07) is 8.30. The summed E-state index contributed by atoms with van der Waals surface area (Å²) >= 11 is 5.64. The van der Waals surface area contributed by atoms with E-state index in [0.717, 1.165) is 6.07 Å². The van der Waals surface area contributed by atoms with Crippen LogP contribution in [-0.4, -0.2) is 47.3 Å². The fraction of sp³-hybridized carbons (Fsp3) is 0.440. The van der Waals surface area contributed by atoms with Crippen LogP contribution in [0.1, 0.15) is 37.7 Å². The molecule has 0 saturated heterocycles. The smallest absolute Gasteiger partial charge is 0.258 e. The predicted molar refractivity (Wildman–Crippen MR) is 124 cm³/mol. The molecule has 0 heterocycles. The summed E-state index contributed by atoms with van der Waals surface area (Å²) < 4.78 is 38.0. The molecule has 2 bridgehead atoms. The molecule has 0 spiro atoms. The van der Waals surface area contributed by atoms with Crippen molar-refractivity contribution in [3.8, 4) is 11.5 Å². The first kappa shape index (κ1) is 25.2. The minimum atomic E-state index is -0.866. The number of rotatable bonds is 8. The summed E-state index contributed by atoms with van der Waals surface area (Å²) in [6.07, 6.45) is 1.49. The Labute approximate surface area is 206 Å². The molecule has 3 saturated carbocycles. The molecule has 2 aromatic carbocycles. The monoisotopic (exact) mass is 508 g/mol. The number of aliphatic hydroxyl groups is 1. The van der Waals surface area contributed by atoms with Gasteiger partial charge in [-0.15, -0.1) is 0 Å². The van der Waals surface area contributed by atoms with Gasteiger partial charge in [-0.05, 0) is 62.8 Å². The molecule has 10 heteroatoms. The van der Waals surface area contributed by atoms with E-state index in [9.17, 15) is 23.5 Å². The zero-order valence-corrected chi connectivity index (χ0v) is 20.0. The number of aryl methyl sites for hydroxylation is 1. The molecule has 188 valence electrons. The van der Waals surface area contributed by atoms with E-state index in [1.807, 2.05) is 0 Å². The second kappa shape index (κ2) is 9.99. The van der Waals surface area contributed by atoms with Gasteiger partial charge in [-0.2, -0.15) is 0 Å². The average Bonchev–Trinajstić information content (AvgIpc) is 2.82. The number of ether oxygens (including phenoxy) is 2. The highest BCUT2D eigenvalue weighted by atomic mass is 35.5. The fourth-order valence-electron chi connectivity index (χ4n) is 4.84. The second-order valence-corrected chi connectivity index (χ2v) is 9.72. The molecule has 7 nitrogen and oxygen atoms in total. The molecule has 1 atom stereocenters. The minimum absolute atomic E-state index is 0.0422. The summed E-state index contributed by atoms with van der Waals surface area (Å²) in [5.41, 5.74) is -0.920. The highest BCUT2D eigenvalue weighted by Gasteiger charge is 2.55. The number of aliphatic hydroxyl groups excluding tert-OH is 1. The van der Waals surface area contributed by atoms with Gasteiger partial charge >= 0.3 is 0 Å². The molecule has 0 aliphatic heterocycles. The lowest BCUT2D eigenvalue weighted by molar-refractivity contribution is -0.137. The zero-order chi connectivity index (χ0) is 25.2. The largest absolute Gasteiger partial charge is 0.484 e. The molecule has 0 aromatic heterocycles. The minimum Gasteiger partial charge on any atom is -0.484 e. The first-order valence-electron chi connectivity index (χ1n) is 11.4. The van der Waals surface area contributed by atoms with Gasteiger partial charge < -0.3 is 25.2 Å². The van der Waals surface area contributed by atoms with Crippen molar-refractivity contribution in [2.75, 3.05) is 13.2 Å². The summed E-state index contributed by atoms with van der Waals surface area (Å²) in [6.45, 7) is 1.03. The van der Waals surface area contributed by atoms with E-state index >= 15 is 0 Å². The van der Waals surface area contributed by atoms with Crippen LogP contribution in [0.5, 0.6) is 11.5 Å². The van der Waals surface area contributed by atoms with Crippen LogP contribution in [0.15, 0.2) is 36.4 Å². The number of hydrogen-bond acceptors (Lipinski definition) is 5. The Hall–Kier alpha value is -2.91. The summed E-state index contributed by atoms with van der Waals surface area (Å²) in [4.78, 5) is 25.0. The number of fused-ring (bicyclic) bond motifs is 3. The van der Waals surface area contributed by atoms with Gasteiger partial charge in [0.15, 0.2) is 13.2 Å². The molecule has 2 amide bonds. The maximum atomic E-state index is 13.7. The Balaban J connectivity index is 1.28. The van der Waals surface area contributed by atoms with E-state index in [0.29, 0.717) is 31.2 Å². The van der Waals surface area contributed by atoms with Gasteiger partial charge in [-0.1, -0.05) is 17.7 Å². The van der Waals surface area contributed by atoms with Gasteiger partial charge in [-0.25, -0.2) is 8.78 Å². The van der Waals surface area contributed by atoms with Crippen molar-refractivity contribution in [2.45, 2.75) is 56.2 Å². The van der Waals surface area contributed by atoms with Crippen LogP contribution in [-0.2, 0) is 9.59 Å². The molecule has 3 N–H and O–H groups in total. The number of nitrogens with one attached hydrogen (secondary N) is 2. The van der Waals surface area contributed by atoms with Crippen LogP contribution >= 0.6 is 11.6 Å². The maximum Gasteiger partial charge on any atom is 0.258 e. The third-order valence-electron chi connectivity index (χ3n) is 6.89. The van der Waals surface area contributed by atoms with Gasteiger partial charge in [-0.3, -0.25) is 9.59 Å². The van der Waals surface area contributed by atoms with Crippen molar-refractivity contribution in [2.24, 2.45) is 0 Å². The van der Waals surface area contributed by atoms with Crippen LogP contribution < -0.4 is 20.1 Å². The van der Waals surface area contributed by atoms with E-state index in [4.69, 9.17) is 21.1 Å². The number of amides is 2. The average molecular weight is 509 g/mol. The zero-order valence-electron chi connectivity index (χ0n) is 19.2. The van der Waals surface area contributed by atoms with Crippen LogP contribution in [0.25, 0.3) is 0 Å². The van der Waals surface area contributed by atoms with Crippen molar-refractivity contribution in [1.82, 2.24) is 10.6 Å². The topological polar surface area (TPSA) is 96.9 Å². The molecule has 0 radical (unpaired) electrons. The number of benzene rings is 2. The van der Waals surface area contributed by atoms with Gasteiger partial charge in [0.2, 0.25) is 0 Å². The van der Waals surface area contributed by atoms with Crippen molar-refractivity contribution in [3.05, 3.63) is 58.6 Å². The number of hydrogen-bond donors (Lipinski definition) is 3. The van der Waals surface area contributed by atoms with E-state index in [1.54, 1.807) is 19.1 Å². The van der Waals surface area contributed by atoms with Crippen molar-refractivity contribution >= 4 is 23.4 Å². The summed E-state index contributed by atoms with van der Waals surface area (Å²) in [7, 11) is 0. The van der Waals surface area contributed by atoms with Gasteiger partial charge in [0.25, 0.3) is 11.8 Å². The molecule has 5 rings (SSSR count). The molecular weight excluding hydrogens is 482 g/mol. The SMILES string of the molecule is Cc1ccc(OCC(=O)NC23CCC(NC(=O)COc4ccc(Cl)c(F)c4)(CC2)C(O)C3)cc1F. The maximum absolute atomic E-state index is 13.7. The van der Waals surface area contributed by atoms with Crippen LogP contribution in [0.3, 0.4) is 0 Å². The molecule has 1 unspecified atom stereocenters. The van der Waals surface area contributed by atoms with Crippen molar-refractivity contribution in [3.63, 3.8) is 0 Å². The predicted octanol–water partition coefficient (Wildman–Crippen LogP) is 3.43. The Morgan fingerprint density at radius 3 is 2.11 bits per heavy atom. The van der Waals surface area contributed by atoms with Crippen LogP contribution in [0.2, 0.25) is 5.02 Å². The molecule has 3 fully saturated rings. The fourth-order valence-corrected chi connectivity index (χ4v) is 4.95. The third-order valence-corrected chi connectivity index (χ3v) is 7.19. The number of carbonyl (C=O) groups excluding carboxylic acids is 2. The van der Waals surface area contributed by atoms with Crippen molar-refractivity contribution in [1.29, 1.82) is 0 Å². The van der Waals surface area contributed by atoms with Gasteiger partial charge in [0, 0.05) is 17.7 Å². The third kappa shape index (κ3) is 5.67. The lowest BCUT2D eigenvalue weighted by atomic mass is 9.60. The molecular formula is C25H27ClF2N2O5. The Morgan fingerprint density at radius 2 is 1.54 bits per heavy atom. The lowest BCUT2D eigenvalue weighted by Crippen LogP contribution is -2.70. The van der Waals surface area contributed by atoms with E-state index in [2.05, 4.69) is 10.6 Å². The molecule has 3 aliphatic rings. The standard InChI is InChI=1S/C25H27ClF2N2O5/c1-15-2-3-16(10-19(15)27)34-13-22(32)29-24-6-8-25(9-7-24,21(31)12-24)30-23(33)14-35-17-4-5-18(26)20(28)11-17/h2-5,10-11,21,31H,6-9,12-14H2,1H3,(H,29,32)(H,30,33). The quantitative estimate of drug-likeness (QED) is 0.507. The molecule has 35 heavy (non-hydrogen) atoms.